The predicted molar refractivity (Wildman–Crippen MR) is 116 cm³/mol. The van der Waals surface area contributed by atoms with Crippen LogP contribution in [0.4, 0.5) is 4.39 Å². The Balaban J connectivity index is 1.39. The van der Waals surface area contributed by atoms with E-state index >= 15 is 0 Å². The highest BCUT2D eigenvalue weighted by atomic mass is 19.1. The zero-order valence-corrected chi connectivity index (χ0v) is 18.0. The molecule has 0 N–H and O–H groups in total. The van der Waals surface area contributed by atoms with E-state index in [-0.39, 0.29) is 11.9 Å². The van der Waals surface area contributed by atoms with Gasteiger partial charge in [-0.1, -0.05) is 11.6 Å². The van der Waals surface area contributed by atoms with Crippen LogP contribution in [0.25, 0.3) is 17.2 Å². The molecule has 0 aliphatic carbocycles. The third-order valence-electron chi connectivity index (χ3n) is 5.69. The molecule has 1 aliphatic heterocycles. The number of nitrogens with zero attached hydrogens (tertiary/aromatic N) is 9. The number of tetrazole rings is 1. The number of piperidine rings is 1. The zero-order chi connectivity index (χ0) is 22.8. The fourth-order valence-electron chi connectivity index (χ4n) is 4.07. The number of amides is 1. The highest BCUT2D eigenvalue weighted by Crippen LogP contribution is 2.24. The number of aromatic nitrogens is 8. The van der Waals surface area contributed by atoms with E-state index in [0.29, 0.717) is 35.9 Å². The van der Waals surface area contributed by atoms with Gasteiger partial charge in [-0.2, -0.15) is 19.8 Å². The first-order valence-electron chi connectivity index (χ1n) is 10.8. The highest BCUT2D eigenvalue weighted by molar-refractivity contribution is 5.98. The van der Waals surface area contributed by atoms with Gasteiger partial charge in [0.05, 0.1) is 42.4 Å². The number of likely N-dealkylation sites (tertiary alicyclic amines) is 1. The van der Waals surface area contributed by atoms with Gasteiger partial charge < -0.3 is 4.90 Å². The van der Waals surface area contributed by atoms with Gasteiger partial charge in [0, 0.05) is 6.54 Å². The summed E-state index contributed by atoms with van der Waals surface area (Å²) < 4.78 is 13.1. The number of hydrogen-bond acceptors (Lipinski definition) is 7. The number of halogens is 1. The fourth-order valence-corrected chi connectivity index (χ4v) is 4.07. The Hall–Kier alpha value is -4.02. The van der Waals surface area contributed by atoms with E-state index in [0.717, 1.165) is 31.0 Å². The molecule has 5 rings (SSSR count). The monoisotopic (exact) mass is 447 g/mol. The molecule has 0 spiro atoms. The Kier molecular flexibility index (Phi) is 5.59. The maximum absolute atomic E-state index is 13.7. The van der Waals surface area contributed by atoms with Crippen LogP contribution in [0.2, 0.25) is 0 Å². The molecule has 0 radical (unpaired) electrons. The van der Waals surface area contributed by atoms with Crippen LogP contribution in [0.3, 0.4) is 0 Å². The second kappa shape index (κ2) is 8.85. The number of benzene rings is 1. The van der Waals surface area contributed by atoms with Crippen LogP contribution in [0.5, 0.6) is 0 Å². The van der Waals surface area contributed by atoms with Crippen LogP contribution >= 0.6 is 0 Å². The van der Waals surface area contributed by atoms with E-state index < -0.39 is 5.82 Å². The summed E-state index contributed by atoms with van der Waals surface area (Å²) in [5.74, 6) is -0.186. The molecule has 4 heterocycles. The second-order valence-corrected chi connectivity index (χ2v) is 8.02. The number of aryl methyl sites for hydroxylation is 1. The lowest BCUT2D eigenvalue weighted by Crippen LogP contribution is -2.46. The summed E-state index contributed by atoms with van der Waals surface area (Å²) >= 11 is 0. The molecule has 0 unspecified atom stereocenters. The van der Waals surface area contributed by atoms with Gasteiger partial charge in [0.25, 0.3) is 5.91 Å². The predicted octanol–water partition coefficient (Wildman–Crippen LogP) is 2.46. The van der Waals surface area contributed by atoms with E-state index in [9.17, 15) is 9.18 Å². The number of carbonyl (C=O) groups is 1. The van der Waals surface area contributed by atoms with Gasteiger partial charge in [0.1, 0.15) is 11.5 Å². The molecule has 11 heteroatoms. The Bertz CT molecular complexity index is 1250. The van der Waals surface area contributed by atoms with Crippen molar-refractivity contribution < 1.29 is 9.18 Å². The lowest BCUT2D eigenvalue weighted by atomic mass is 9.99. The van der Waals surface area contributed by atoms with E-state index in [1.807, 2.05) is 30.0 Å². The number of rotatable bonds is 5. The van der Waals surface area contributed by atoms with Crippen LogP contribution in [0, 0.1) is 12.7 Å². The number of pyridine rings is 1. The van der Waals surface area contributed by atoms with Crippen molar-refractivity contribution in [1.82, 2.24) is 45.1 Å². The van der Waals surface area contributed by atoms with Crippen molar-refractivity contribution in [3.05, 3.63) is 65.9 Å². The summed E-state index contributed by atoms with van der Waals surface area (Å²) in [7, 11) is 0. The summed E-state index contributed by atoms with van der Waals surface area (Å²) in [6.45, 7) is 3.00. The standard InChI is InChI=1S/C22H22FN9O/c1-15-5-8-20(32-25-9-10-26-32)18(12-15)22(33)30-11-3-2-4-17(30)14-31-28-21(27-29-31)19-7-6-16(23)13-24-19/h5-10,12-13,17H,2-4,11,14H2,1H3/t17-/m0/s1. The molecule has 10 nitrogen and oxygen atoms in total. The van der Waals surface area contributed by atoms with Crippen LogP contribution in [-0.2, 0) is 6.54 Å². The van der Waals surface area contributed by atoms with E-state index in [2.05, 4.69) is 30.6 Å². The molecule has 0 saturated carbocycles. The quantitative estimate of drug-likeness (QED) is 0.462. The third-order valence-corrected chi connectivity index (χ3v) is 5.69. The van der Waals surface area contributed by atoms with Gasteiger partial charge in [-0.3, -0.25) is 4.79 Å². The van der Waals surface area contributed by atoms with Crippen molar-refractivity contribution in [1.29, 1.82) is 0 Å². The average Bonchev–Trinajstić information content (AvgIpc) is 3.52. The summed E-state index contributed by atoms with van der Waals surface area (Å²) in [6.07, 6.45) is 7.06. The molecule has 1 atom stereocenters. The molecule has 1 aliphatic rings. The smallest absolute Gasteiger partial charge is 0.256 e. The molecular weight excluding hydrogens is 425 g/mol. The first-order chi connectivity index (χ1) is 16.1. The summed E-state index contributed by atoms with van der Waals surface area (Å²) in [5, 5.41) is 21.0. The van der Waals surface area contributed by atoms with Crippen molar-refractivity contribution in [2.24, 2.45) is 0 Å². The van der Waals surface area contributed by atoms with Crippen molar-refractivity contribution >= 4 is 5.91 Å². The van der Waals surface area contributed by atoms with Crippen molar-refractivity contribution in [2.75, 3.05) is 6.54 Å². The molecule has 1 fully saturated rings. The van der Waals surface area contributed by atoms with Crippen LogP contribution < -0.4 is 0 Å². The highest BCUT2D eigenvalue weighted by Gasteiger charge is 2.30. The van der Waals surface area contributed by atoms with Gasteiger partial charge in [-0.15, -0.1) is 10.2 Å². The van der Waals surface area contributed by atoms with Gasteiger partial charge >= 0.3 is 0 Å². The van der Waals surface area contributed by atoms with E-state index in [1.54, 1.807) is 12.4 Å². The van der Waals surface area contributed by atoms with Crippen LogP contribution in [0.1, 0.15) is 35.2 Å². The SMILES string of the molecule is Cc1ccc(-n2nccn2)c(C(=O)N2CCCC[C@H]2Cn2nnc(-c3ccc(F)cn3)n2)c1. The molecule has 1 saturated heterocycles. The van der Waals surface area contributed by atoms with Crippen molar-refractivity contribution in [2.45, 2.75) is 38.8 Å². The average molecular weight is 447 g/mol. The summed E-state index contributed by atoms with van der Waals surface area (Å²) in [6, 6.07) is 8.40. The molecule has 168 valence electrons. The van der Waals surface area contributed by atoms with Crippen molar-refractivity contribution in [3.63, 3.8) is 0 Å². The third kappa shape index (κ3) is 4.34. The van der Waals surface area contributed by atoms with Crippen molar-refractivity contribution in [3.8, 4) is 17.2 Å². The Morgan fingerprint density at radius 3 is 2.79 bits per heavy atom. The lowest BCUT2D eigenvalue weighted by Gasteiger charge is -2.35. The Labute approximate surface area is 189 Å². The fraction of sp³-hybridized carbons (Fsp3) is 0.318. The maximum Gasteiger partial charge on any atom is 0.256 e. The van der Waals surface area contributed by atoms with Gasteiger partial charge in [-0.05, 0) is 55.7 Å². The van der Waals surface area contributed by atoms with Gasteiger partial charge in [-0.25, -0.2) is 9.37 Å². The van der Waals surface area contributed by atoms with Crippen LogP contribution in [0.15, 0.2) is 48.9 Å². The Morgan fingerprint density at radius 2 is 2.00 bits per heavy atom. The largest absolute Gasteiger partial charge is 0.334 e. The minimum absolute atomic E-state index is 0.0729. The number of hydrogen-bond donors (Lipinski definition) is 0. The van der Waals surface area contributed by atoms with E-state index in [4.69, 9.17) is 0 Å². The summed E-state index contributed by atoms with van der Waals surface area (Å²) in [4.78, 5) is 22.5. The lowest BCUT2D eigenvalue weighted by molar-refractivity contribution is 0.0576. The van der Waals surface area contributed by atoms with Crippen LogP contribution in [-0.4, -0.2) is 63.6 Å². The zero-order valence-electron chi connectivity index (χ0n) is 18.0. The van der Waals surface area contributed by atoms with Gasteiger partial charge in [0.15, 0.2) is 0 Å². The minimum atomic E-state index is -0.427. The first-order valence-corrected chi connectivity index (χ1v) is 10.8. The molecule has 0 bridgehead atoms. The molecule has 1 amide bonds. The second-order valence-electron chi connectivity index (χ2n) is 8.02. The minimum Gasteiger partial charge on any atom is -0.334 e. The number of carbonyl (C=O) groups excluding carboxylic acids is 1. The Morgan fingerprint density at radius 1 is 1.15 bits per heavy atom. The van der Waals surface area contributed by atoms with E-state index in [1.165, 1.54) is 21.7 Å². The molecule has 33 heavy (non-hydrogen) atoms. The molecule has 4 aromatic rings. The van der Waals surface area contributed by atoms with Gasteiger partial charge in [0.2, 0.25) is 5.82 Å². The topological polar surface area (TPSA) is 108 Å². The maximum atomic E-state index is 13.7. The molecule has 3 aromatic heterocycles. The normalized spacial score (nSPS) is 16.2. The first kappa shape index (κ1) is 20.9. The summed E-state index contributed by atoms with van der Waals surface area (Å²) in [5.41, 5.74) is 2.62. The molecular formula is C22H22FN9O. The molecule has 1 aromatic carbocycles.